The van der Waals surface area contributed by atoms with Crippen molar-refractivity contribution in [2.45, 2.75) is 335 Å². The molecule has 0 aliphatic carbocycles. The molecule has 0 aliphatic heterocycles. The summed E-state index contributed by atoms with van der Waals surface area (Å²) in [6, 6.07) is 0. The molecule has 0 aromatic carbocycles. The lowest BCUT2D eigenvalue weighted by atomic mass is 10.0. The van der Waals surface area contributed by atoms with Gasteiger partial charge in [0.05, 0.1) is 0 Å². The fourth-order valence-corrected chi connectivity index (χ4v) is 9.70. The van der Waals surface area contributed by atoms with Crippen molar-refractivity contribution in [3.63, 3.8) is 0 Å². The molecule has 0 amide bonds. The summed E-state index contributed by atoms with van der Waals surface area (Å²) in [5.41, 5.74) is 0. The van der Waals surface area contributed by atoms with Crippen LogP contribution in [0, 0.1) is 0 Å². The number of unbranched alkanes of at least 4 members (excludes halogenated alkanes) is 33. The molecule has 0 fully saturated rings. The molecule has 0 aromatic rings. The third-order valence-corrected chi connectivity index (χ3v) is 14.8. The van der Waals surface area contributed by atoms with Crippen LogP contribution in [0.15, 0.2) is 109 Å². The first-order chi connectivity index (χ1) is 40.0. The first-order valence-corrected chi connectivity index (χ1v) is 34.4. The number of rotatable bonds is 62. The molecule has 0 radical (unpaired) electrons. The number of carbonyl (C=O) groups is 3. The predicted molar refractivity (Wildman–Crippen MR) is 353 cm³/mol. The van der Waals surface area contributed by atoms with E-state index < -0.39 is 6.10 Å². The Morgan fingerprint density at radius 2 is 0.481 bits per heavy atom. The molecule has 0 N–H and O–H groups in total. The molecular formula is C75H128O6. The van der Waals surface area contributed by atoms with Crippen molar-refractivity contribution in [2.24, 2.45) is 0 Å². The summed E-state index contributed by atoms with van der Waals surface area (Å²) in [6.45, 7) is 6.43. The van der Waals surface area contributed by atoms with Crippen LogP contribution < -0.4 is 0 Å². The van der Waals surface area contributed by atoms with Gasteiger partial charge in [-0.3, -0.25) is 14.4 Å². The number of hydrogen-bond acceptors (Lipinski definition) is 6. The number of ether oxygens (including phenoxy) is 3. The zero-order valence-corrected chi connectivity index (χ0v) is 53.3. The van der Waals surface area contributed by atoms with Gasteiger partial charge in [0.25, 0.3) is 0 Å². The molecule has 0 saturated heterocycles. The van der Waals surface area contributed by atoms with Crippen molar-refractivity contribution in [3.8, 4) is 0 Å². The van der Waals surface area contributed by atoms with Crippen molar-refractivity contribution < 1.29 is 28.6 Å². The van der Waals surface area contributed by atoms with Gasteiger partial charge in [-0.2, -0.15) is 0 Å². The van der Waals surface area contributed by atoms with E-state index in [-0.39, 0.29) is 31.1 Å². The summed E-state index contributed by atoms with van der Waals surface area (Å²) in [5.74, 6) is -0.911. The van der Waals surface area contributed by atoms with E-state index in [4.69, 9.17) is 14.2 Å². The second-order valence-electron chi connectivity index (χ2n) is 22.7. The Bertz CT molecular complexity index is 1620. The average molecular weight is 1130 g/mol. The van der Waals surface area contributed by atoms with Crippen molar-refractivity contribution in [3.05, 3.63) is 109 Å². The highest BCUT2D eigenvalue weighted by Crippen LogP contribution is 2.17. The minimum Gasteiger partial charge on any atom is -0.462 e. The Morgan fingerprint density at radius 1 is 0.259 bits per heavy atom. The van der Waals surface area contributed by atoms with Gasteiger partial charge >= 0.3 is 17.9 Å². The topological polar surface area (TPSA) is 78.9 Å². The zero-order chi connectivity index (χ0) is 58.5. The third kappa shape index (κ3) is 66.8. The second-order valence-corrected chi connectivity index (χ2v) is 22.7. The number of carbonyl (C=O) groups excluding carboxylic acids is 3. The molecular weight excluding hydrogens is 997 g/mol. The lowest BCUT2D eigenvalue weighted by Crippen LogP contribution is -2.30. The minimum absolute atomic E-state index is 0.0908. The van der Waals surface area contributed by atoms with E-state index in [2.05, 4.69) is 130 Å². The largest absolute Gasteiger partial charge is 0.462 e. The highest BCUT2D eigenvalue weighted by Gasteiger charge is 2.19. The molecule has 81 heavy (non-hydrogen) atoms. The number of allylic oxidation sites excluding steroid dienone is 18. The van der Waals surface area contributed by atoms with Crippen LogP contribution in [0.5, 0.6) is 0 Å². The summed E-state index contributed by atoms with van der Waals surface area (Å²) in [5, 5.41) is 0. The van der Waals surface area contributed by atoms with Crippen LogP contribution in [-0.2, 0) is 28.6 Å². The van der Waals surface area contributed by atoms with Crippen LogP contribution in [0.25, 0.3) is 0 Å². The Hall–Kier alpha value is -3.93. The van der Waals surface area contributed by atoms with E-state index in [0.29, 0.717) is 19.3 Å². The highest BCUT2D eigenvalue weighted by molar-refractivity contribution is 5.71. The van der Waals surface area contributed by atoms with E-state index in [0.717, 1.165) is 135 Å². The summed E-state index contributed by atoms with van der Waals surface area (Å²) in [4.78, 5) is 38.5. The Kier molecular flexibility index (Phi) is 65.2. The molecule has 0 rings (SSSR count). The van der Waals surface area contributed by atoms with Crippen LogP contribution in [0.1, 0.15) is 329 Å². The van der Waals surface area contributed by atoms with Gasteiger partial charge in [0, 0.05) is 19.3 Å². The maximum absolute atomic E-state index is 13.0. The predicted octanol–water partition coefficient (Wildman–Crippen LogP) is 23.8. The normalized spacial score (nSPS) is 12.8. The molecule has 1 atom stereocenters. The first-order valence-electron chi connectivity index (χ1n) is 34.4. The summed E-state index contributed by atoms with van der Waals surface area (Å²) >= 11 is 0. The van der Waals surface area contributed by atoms with E-state index >= 15 is 0 Å². The van der Waals surface area contributed by atoms with Crippen molar-refractivity contribution >= 4 is 17.9 Å². The van der Waals surface area contributed by atoms with E-state index in [1.807, 2.05) is 0 Å². The minimum atomic E-state index is -0.796. The van der Waals surface area contributed by atoms with Gasteiger partial charge in [0.2, 0.25) is 0 Å². The standard InChI is InChI=1S/C75H128O6/c1-4-7-10-13-16-19-22-25-28-31-33-35-37-39-41-44-47-50-53-56-59-62-65-68-74(77)80-71-72(70-79-73(76)67-64-61-58-55-52-49-46-43-30-27-24-21-18-15-12-9-6-3)81-75(78)69-66-63-60-57-54-51-48-45-42-40-38-36-34-32-29-26-23-20-17-14-11-8-5-2/h7,9-10,12,16,18-19,21,25,27-28,30,33,35,39,41,46,49,72H,4-6,8,11,13-15,17,20,22-24,26,29,31-32,34,36-38,40,42-45,47-48,50-71H2,1-3H3/b10-7-,12-9-,19-16-,21-18-,28-25-,30-27-,35-33-,41-39-,49-46-. The van der Waals surface area contributed by atoms with Gasteiger partial charge in [0.1, 0.15) is 13.2 Å². The summed E-state index contributed by atoms with van der Waals surface area (Å²) < 4.78 is 17.0. The van der Waals surface area contributed by atoms with Gasteiger partial charge in [-0.1, -0.05) is 316 Å². The quantitative estimate of drug-likeness (QED) is 0.0261. The SMILES string of the molecule is CC/C=C\C/C=C\C/C=C\C/C=C\C/C=C\CCCCCCCCCC(=O)OCC(COC(=O)CCCCCC/C=C\C/C=C\C/C=C\C/C=C\CC)OC(=O)CCCCCCCCCCCCCCCCCCCCCCCCC. The smallest absolute Gasteiger partial charge is 0.306 e. The third-order valence-electron chi connectivity index (χ3n) is 14.8. The molecule has 0 aliphatic rings. The molecule has 6 heteroatoms. The van der Waals surface area contributed by atoms with Crippen LogP contribution in [-0.4, -0.2) is 37.2 Å². The van der Waals surface area contributed by atoms with Gasteiger partial charge in [0.15, 0.2) is 6.10 Å². The molecule has 464 valence electrons. The molecule has 0 saturated carbocycles. The monoisotopic (exact) mass is 1120 g/mol. The maximum Gasteiger partial charge on any atom is 0.306 e. The molecule has 6 nitrogen and oxygen atoms in total. The van der Waals surface area contributed by atoms with E-state index in [1.165, 1.54) is 154 Å². The lowest BCUT2D eigenvalue weighted by Gasteiger charge is -2.18. The van der Waals surface area contributed by atoms with Crippen LogP contribution in [0.3, 0.4) is 0 Å². The first kappa shape index (κ1) is 77.1. The van der Waals surface area contributed by atoms with Gasteiger partial charge in [-0.15, -0.1) is 0 Å². The second kappa shape index (κ2) is 68.6. The zero-order valence-electron chi connectivity index (χ0n) is 53.3. The van der Waals surface area contributed by atoms with Crippen LogP contribution in [0.4, 0.5) is 0 Å². The fraction of sp³-hybridized carbons (Fsp3) is 0.720. The Balaban J connectivity index is 4.40. The average Bonchev–Trinajstić information content (AvgIpc) is 3.47. The molecule has 0 spiro atoms. The molecule has 1 unspecified atom stereocenters. The van der Waals surface area contributed by atoms with Gasteiger partial charge in [-0.25, -0.2) is 0 Å². The Morgan fingerprint density at radius 3 is 0.753 bits per heavy atom. The molecule has 0 aromatic heterocycles. The number of hydrogen-bond donors (Lipinski definition) is 0. The van der Waals surface area contributed by atoms with Crippen molar-refractivity contribution in [1.82, 2.24) is 0 Å². The van der Waals surface area contributed by atoms with Crippen LogP contribution in [0.2, 0.25) is 0 Å². The maximum atomic E-state index is 13.0. The molecule has 0 heterocycles. The Labute approximate surface area is 501 Å². The lowest BCUT2D eigenvalue weighted by molar-refractivity contribution is -0.167. The van der Waals surface area contributed by atoms with Gasteiger partial charge < -0.3 is 14.2 Å². The fourth-order valence-electron chi connectivity index (χ4n) is 9.70. The summed E-state index contributed by atoms with van der Waals surface area (Å²) in [7, 11) is 0. The number of esters is 3. The van der Waals surface area contributed by atoms with Crippen LogP contribution >= 0.6 is 0 Å². The van der Waals surface area contributed by atoms with Gasteiger partial charge in [-0.05, 0) is 103 Å². The van der Waals surface area contributed by atoms with E-state index in [1.54, 1.807) is 0 Å². The van der Waals surface area contributed by atoms with Crippen molar-refractivity contribution in [2.75, 3.05) is 13.2 Å². The molecule has 0 bridgehead atoms. The van der Waals surface area contributed by atoms with E-state index in [9.17, 15) is 14.4 Å². The summed E-state index contributed by atoms with van der Waals surface area (Å²) in [6.07, 6.45) is 93.9. The van der Waals surface area contributed by atoms with Crippen molar-refractivity contribution in [1.29, 1.82) is 0 Å². The highest BCUT2D eigenvalue weighted by atomic mass is 16.6.